The Labute approximate surface area is 184 Å². The summed E-state index contributed by atoms with van der Waals surface area (Å²) < 4.78 is 7.31. The molecule has 1 atom stereocenters. The van der Waals surface area contributed by atoms with E-state index in [1.54, 1.807) is 7.11 Å². The van der Waals surface area contributed by atoms with Gasteiger partial charge < -0.3 is 19.4 Å². The molecule has 6 nitrogen and oxygen atoms in total. The number of methoxy groups -OCH3 is 1. The number of likely N-dealkylation sites (tertiary alicyclic amines) is 1. The number of fused-ring (bicyclic) bond motifs is 1. The van der Waals surface area contributed by atoms with E-state index >= 15 is 0 Å². The van der Waals surface area contributed by atoms with Crippen LogP contribution in [0.2, 0.25) is 0 Å². The lowest BCUT2D eigenvalue weighted by Gasteiger charge is -2.20. The molecule has 3 aromatic rings. The van der Waals surface area contributed by atoms with Crippen LogP contribution in [0.4, 0.5) is 0 Å². The molecule has 1 N–H and O–H groups in total. The lowest BCUT2D eigenvalue weighted by atomic mass is 10.1. The predicted octanol–water partition coefficient (Wildman–Crippen LogP) is 4.52. The van der Waals surface area contributed by atoms with Gasteiger partial charge in [-0.2, -0.15) is 0 Å². The molecule has 4 rings (SSSR count). The van der Waals surface area contributed by atoms with Crippen LogP contribution in [0.25, 0.3) is 5.65 Å². The number of pyridine rings is 1. The number of hydrogen-bond donors (Lipinski definition) is 1. The van der Waals surface area contributed by atoms with Gasteiger partial charge in [0.1, 0.15) is 11.4 Å². The second-order valence-corrected chi connectivity index (χ2v) is 8.42. The third-order valence-electron chi connectivity index (χ3n) is 6.17. The number of aromatic nitrogens is 2. The number of aryl methyl sites for hydroxylation is 1. The van der Waals surface area contributed by atoms with Gasteiger partial charge in [0.25, 0.3) is 5.91 Å². The number of amides is 1. The molecular formula is C25H32N4O2. The van der Waals surface area contributed by atoms with Crippen LogP contribution in [0.5, 0.6) is 5.75 Å². The zero-order chi connectivity index (χ0) is 21.8. The average molecular weight is 421 g/mol. The maximum Gasteiger partial charge on any atom is 0.274 e. The average Bonchev–Trinajstić information content (AvgIpc) is 2.95. The monoisotopic (exact) mass is 420 g/mol. The van der Waals surface area contributed by atoms with Gasteiger partial charge in [0.15, 0.2) is 5.69 Å². The smallest absolute Gasteiger partial charge is 0.274 e. The summed E-state index contributed by atoms with van der Waals surface area (Å²) in [5, 5.41) is 3.58. The van der Waals surface area contributed by atoms with Crippen LogP contribution in [0.15, 0.2) is 42.6 Å². The Morgan fingerprint density at radius 1 is 1.13 bits per heavy atom. The lowest BCUT2D eigenvalue weighted by Crippen LogP contribution is -2.33. The van der Waals surface area contributed by atoms with E-state index in [1.807, 2.05) is 33.7 Å². The van der Waals surface area contributed by atoms with E-state index in [0.717, 1.165) is 48.6 Å². The molecule has 0 spiro atoms. The molecule has 0 unspecified atom stereocenters. The normalized spacial score (nSPS) is 15.6. The first-order chi connectivity index (χ1) is 15.1. The lowest BCUT2D eigenvalue weighted by molar-refractivity contribution is 0.0755. The molecule has 2 aromatic heterocycles. The van der Waals surface area contributed by atoms with Gasteiger partial charge in [-0.1, -0.05) is 25.0 Å². The van der Waals surface area contributed by atoms with Gasteiger partial charge in [0.05, 0.1) is 12.8 Å². The number of rotatable bonds is 6. The fraction of sp³-hybridized carbons (Fsp3) is 0.440. The fourth-order valence-corrected chi connectivity index (χ4v) is 4.22. The van der Waals surface area contributed by atoms with Crippen LogP contribution >= 0.6 is 0 Å². The molecule has 0 radical (unpaired) electrons. The van der Waals surface area contributed by atoms with Crippen molar-refractivity contribution in [2.45, 2.75) is 52.1 Å². The highest BCUT2D eigenvalue weighted by atomic mass is 16.5. The number of benzene rings is 1. The Morgan fingerprint density at radius 3 is 2.52 bits per heavy atom. The molecule has 1 saturated heterocycles. The second-order valence-electron chi connectivity index (χ2n) is 8.42. The SMILES string of the molecule is COc1ccc([C@@H](C)NCc2c(C(=O)N3CCCCCC3)nc3cc(C)ccn23)cc1. The largest absolute Gasteiger partial charge is 0.497 e. The molecule has 0 bridgehead atoms. The van der Waals surface area contributed by atoms with Crippen LogP contribution in [0.1, 0.15) is 66.0 Å². The molecule has 6 heteroatoms. The highest BCUT2D eigenvalue weighted by Crippen LogP contribution is 2.21. The number of carbonyl (C=O) groups excluding carboxylic acids is 1. The van der Waals surface area contributed by atoms with Gasteiger partial charge in [-0.3, -0.25) is 4.79 Å². The van der Waals surface area contributed by atoms with E-state index in [2.05, 4.69) is 37.4 Å². The summed E-state index contributed by atoms with van der Waals surface area (Å²) in [5.74, 6) is 0.899. The summed E-state index contributed by atoms with van der Waals surface area (Å²) in [7, 11) is 1.67. The minimum Gasteiger partial charge on any atom is -0.497 e. The summed E-state index contributed by atoms with van der Waals surface area (Å²) in [4.78, 5) is 20.2. The van der Waals surface area contributed by atoms with Crippen molar-refractivity contribution in [3.63, 3.8) is 0 Å². The quantitative estimate of drug-likeness (QED) is 0.637. The van der Waals surface area contributed by atoms with Crippen molar-refractivity contribution in [2.75, 3.05) is 20.2 Å². The number of imidazole rings is 1. The number of carbonyl (C=O) groups is 1. The van der Waals surface area contributed by atoms with Gasteiger partial charge in [0.2, 0.25) is 0 Å². The maximum absolute atomic E-state index is 13.4. The zero-order valence-corrected chi connectivity index (χ0v) is 18.7. The van der Waals surface area contributed by atoms with Crippen molar-refractivity contribution in [3.05, 3.63) is 65.1 Å². The summed E-state index contributed by atoms with van der Waals surface area (Å²) in [6.07, 6.45) is 6.55. The van der Waals surface area contributed by atoms with Crippen molar-refractivity contribution in [1.82, 2.24) is 19.6 Å². The van der Waals surface area contributed by atoms with Gasteiger partial charge in [-0.25, -0.2) is 4.98 Å². The van der Waals surface area contributed by atoms with Crippen LogP contribution in [-0.2, 0) is 6.54 Å². The van der Waals surface area contributed by atoms with Gasteiger partial charge in [0, 0.05) is 31.9 Å². The molecule has 1 aliphatic rings. The van der Waals surface area contributed by atoms with E-state index in [4.69, 9.17) is 9.72 Å². The van der Waals surface area contributed by atoms with E-state index < -0.39 is 0 Å². The fourth-order valence-electron chi connectivity index (χ4n) is 4.22. The van der Waals surface area contributed by atoms with Crippen molar-refractivity contribution < 1.29 is 9.53 Å². The first-order valence-corrected chi connectivity index (χ1v) is 11.2. The van der Waals surface area contributed by atoms with Crippen LogP contribution < -0.4 is 10.1 Å². The summed E-state index contributed by atoms with van der Waals surface area (Å²) in [6, 6.07) is 12.3. The molecule has 0 aliphatic carbocycles. The molecule has 1 aromatic carbocycles. The number of hydrogen-bond acceptors (Lipinski definition) is 4. The van der Waals surface area contributed by atoms with E-state index in [9.17, 15) is 4.79 Å². The molecule has 1 amide bonds. The molecule has 0 saturated carbocycles. The third kappa shape index (κ3) is 4.74. The van der Waals surface area contributed by atoms with Crippen LogP contribution in [0, 0.1) is 6.92 Å². The summed E-state index contributed by atoms with van der Waals surface area (Å²) >= 11 is 0. The van der Waals surface area contributed by atoms with Gasteiger partial charge >= 0.3 is 0 Å². The van der Waals surface area contributed by atoms with Crippen LogP contribution in [-0.4, -0.2) is 40.4 Å². The Morgan fingerprint density at radius 2 is 1.84 bits per heavy atom. The summed E-state index contributed by atoms with van der Waals surface area (Å²) in [5.41, 5.74) is 4.63. The van der Waals surface area contributed by atoms with E-state index in [0.29, 0.717) is 12.2 Å². The molecule has 1 fully saturated rings. The Kier molecular flexibility index (Phi) is 6.56. The molecule has 31 heavy (non-hydrogen) atoms. The first-order valence-electron chi connectivity index (χ1n) is 11.2. The minimum absolute atomic E-state index is 0.0529. The van der Waals surface area contributed by atoms with E-state index in [1.165, 1.54) is 18.4 Å². The molecule has 3 heterocycles. The maximum atomic E-state index is 13.4. The van der Waals surface area contributed by atoms with Crippen molar-refractivity contribution in [3.8, 4) is 5.75 Å². The highest BCUT2D eigenvalue weighted by Gasteiger charge is 2.25. The van der Waals surface area contributed by atoms with Crippen molar-refractivity contribution in [1.29, 1.82) is 0 Å². The number of nitrogens with zero attached hydrogens (tertiary/aromatic N) is 3. The molecule has 164 valence electrons. The first kappa shape index (κ1) is 21.4. The standard InChI is InChI=1S/C25H32N4O2/c1-18-12-15-29-22(17-26-19(2)20-8-10-21(31-3)11-9-20)24(27-23(29)16-18)25(30)28-13-6-4-5-7-14-28/h8-12,15-16,19,26H,4-7,13-14,17H2,1-3H3/t19-/m1/s1. The Hall–Kier alpha value is -2.86. The second kappa shape index (κ2) is 9.52. The molecule has 1 aliphatic heterocycles. The number of ether oxygens (including phenoxy) is 1. The van der Waals surface area contributed by atoms with Crippen molar-refractivity contribution in [2.24, 2.45) is 0 Å². The van der Waals surface area contributed by atoms with Crippen molar-refractivity contribution >= 4 is 11.6 Å². The number of nitrogens with one attached hydrogen (secondary N) is 1. The van der Waals surface area contributed by atoms with Gasteiger partial charge in [-0.15, -0.1) is 0 Å². The minimum atomic E-state index is 0.0529. The predicted molar refractivity (Wildman–Crippen MR) is 123 cm³/mol. The Bertz CT molecular complexity index is 1030. The Balaban J connectivity index is 1.60. The topological polar surface area (TPSA) is 58.9 Å². The summed E-state index contributed by atoms with van der Waals surface area (Å²) in [6.45, 7) is 6.38. The van der Waals surface area contributed by atoms with E-state index in [-0.39, 0.29) is 11.9 Å². The van der Waals surface area contributed by atoms with Gasteiger partial charge in [-0.05, 0) is 62.1 Å². The third-order valence-corrected chi connectivity index (χ3v) is 6.17. The highest BCUT2D eigenvalue weighted by molar-refractivity contribution is 5.94. The molecular weight excluding hydrogens is 388 g/mol. The van der Waals surface area contributed by atoms with Crippen LogP contribution in [0.3, 0.4) is 0 Å². The zero-order valence-electron chi connectivity index (χ0n) is 18.7.